The summed E-state index contributed by atoms with van der Waals surface area (Å²) in [5.41, 5.74) is -2.14. The molecule has 2 saturated carbocycles. The summed E-state index contributed by atoms with van der Waals surface area (Å²) in [6.07, 6.45) is -5.40. The molecule has 38 heavy (non-hydrogen) atoms. The first-order valence-corrected chi connectivity index (χ1v) is 14.5. The lowest BCUT2D eigenvalue weighted by molar-refractivity contribution is -0.139. The summed E-state index contributed by atoms with van der Waals surface area (Å²) in [7, 11) is -7.28. The van der Waals surface area contributed by atoms with Crippen LogP contribution in [0.25, 0.3) is 11.1 Å². The number of sulfonamides is 1. The summed E-state index contributed by atoms with van der Waals surface area (Å²) in [4.78, 5) is 11.6. The molecular weight excluding hydrogens is 547 g/mol. The molecule has 9 nitrogen and oxygen atoms in total. The van der Waals surface area contributed by atoms with E-state index in [-0.39, 0.29) is 28.9 Å². The molecule has 0 bridgehead atoms. The zero-order valence-corrected chi connectivity index (χ0v) is 21.7. The zero-order valence-electron chi connectivity index (χ0n) is 20.0. The topological polar surface area (TPSA) is 156 Å². The number of amides is 1. The van der Waals surface area contributed by atoms with E-state index >= 15 is 0 Å². The van der Waals surface area contributed by atoms with Crippen molar-refractivity contribution in [3.05, 3.63) is 48.0 Å². The first-order chi connectivity index (χ1) is 17.6. The number of nitrogens with two attached hydrogens (primary N) is 1. The van der Waals surface area contributed by atoms with E-state index in [4.69, 9.17) is 9.88 Å². The fourth-order valence-corrected chi connectivity index (χ4v) is 7.18. The fraction of sp³-hybridized carbons (Fsp3) is 0.417. The van der Waals surface area contributed by atoms with Crippen molar-refractivity contribution in [3.8, 4) is 17.2 Å². The molecular formula is C24H24F3N3O6S2. The zero-order chi connectivity index (χ0) is 28.1. The summed E-state index contributed by atoms with van der Waals surface area (Å²) in [5, 5.41) is 15.6. The quantitative estimate of drug-likeness (QED) is 0.517. The van der Waals surface area contributed by atoms with Gasteiger partial charge in [-0.1, -0.05) is 18.2 Å². The molecule has 2 fully saturated rings. The highest BCUT2D eigenvalue weighted by Crippen LogP contribution is 2.43. The molecule has 0 aliphatic heterocycles. The van der Waals surface area contributed by atoms with Crippen molar-refractivity contribution in [1.29, 1.82) is 5.26 Å². The Balaban J connectivity index is 1.66. The number of ether oxygens (including phenoxy) is 1. The van der Waals surface area contributed by atoms with Crippen molar-refractivity contribution in [2.75, 3.05) is 7.11 Å². The van der Waals surface area contributed by atoms with Gasteiger partial charge in [0, 0.05) is 7.11 Å². The predicted octanol–water partition coefficient (Wildman–Crippen LogP) is 2.76. The van der Waals surface area contributed by atoms with Gasteiger partial charge >= 0.3 is 6.18 Å². The highest BCUT2D eigenvalue weighted by Gasteiger charge is 2.51. The third-order valence-corrected chi connectivity index (χ3v) is 10.1. The van der Waals surface area contributed by atoms with E-state index in [2.05, 4.69) is 5.32 Å². The van der Waals surface area contributed by atoms with E-state index in [1.54, 1.807) is 0 Å². The average Bonchev–Trinajstić information content (AvgIpc) is 3.48. The number of sulfone groups is 1. The van der Waals surface area contributed by atoms with Crippen molar-refractivity contribution >= 4 is 25.8 Å². The fourth-order valence-electron chi connectivity index (χ4n) is 4.66. The molecule has 0 heterocycles. The number of nitriles is 1. The van der Waals surface area contributed by atoms with Crippen molar-refractivity contribution in [1.82, 2.24) is 5.32 Å². The van der Waals surface area contributed by atoms with E-state index in [1.165, 1.54) is 25.3 Å². The molecule has 2 aliphatic rings. The summed E-state index contributed by atoms with van der Waals surface area (Å²) < 4.78 is 97.4. The number of carbonyl (C=O) groups excluding carboxylic acids is 1. The highest BCUT2D eigenvalue weighted by molar-refractivity contribution is 7.92. The molecule has 0 radical (unpaired) electrons. The number of rotatable bonds is 7. The molecule has 0 saturated heterocycles. The van der Waals surface area contributed by atoms with Gasteiger partial charge < -0.3 is 10.1 Å². The molecule has 2 aliphatic carbocycles. The predicted molar refractivity (Wildman–Crippen MR) is 128 cm³/mol. The number of alkyl halides is 3. The van der Waals surface area contributed by atoms with Crippen LogP contribution in [0.3, 0.4) is 0 Å². The number of halogens is 3. The van der Waals surface area contributed by atoms with Crippen LogP contribution in [0.4, 0.5) is 13.2 Å². The molecule has 204 valence electrons. The van der Waals surface area contributed by atoms with Gasteiger partial charge in [0.2, 0.25) is 15.9 Å². The number of primary sulfonamides is 1. The summed E-state index contributed by atoms with van der Waals surface area (Å²) >= 11 is 0. The number of nitrogens with zero attached hydrogens (tertiary/aromatic N) is 1. The van der Waals surface area contributed by atoms with Gasteiger partial charge in [0.15, 0.2) is 9.84 Å². The number of nitrogens with one attached hydrogen (secondary N) is 1. The number of hydrogen-bond donors (Lipinski definition) is 2. The van der Waals surface area contributed by atoms with Gasteiger partial charge in [-0.2, -0.15) is 18.4 Å². The van der Waals surface area contributed by atoms with Crippen LogP contribution in [0.2, 0.25) is 0 Å². The van der Waals surface area contributed by atoms with Crippen LogP contribution >= 0.6 is 0 Å². The van der Waals surface area contributed by atoms with Crippen LogP contribution in [-0.4, -0.2) is 46.7 Å². The number of methoxy groups -OCH3 is 1. The third-order valence-electron chi connectivity index (χ3n) is 6.97. The van der Waals surface area contributed by atoms with Gasteiger partial charge in [0.25, 0.3) is 0 Å². The molecule has 4 rings (SSSR count). The van der Waals surface area contributed by atoms with Crippen LogP contribution in [0, 0.1) is 17.2 Å². The normalized spacial score (nSPS) is 23.0. The van der Waals surface area contributed by atoms with Crippen LogP contribution in [0.15, 0.2) is 52.3 Å². The smallest absolute Gasteiger partial charge is 0.381 e. The van der Waals surface area contributed by atoms with Crippen LogP contribution in [-0.2, 0) is 35.6 Å². The number of benzene rings is 2. The minimum atomic E-state index is -5.03. The Labute approximate surface area is 217 Å². The molecule has 2 aromatic carbocycles. The van der Waals surface area contributed by atoms with E-state index in [1.807, 2.05) is 6.07 Å². The molecule has 0 spiro atoms. The second kappa shape index (κ2) is 9.64. The van der Waals surface area contributed by atoms with Crippen LogP contribution < -0.4 is 10.5 Å². The number of hydrogen-bond acceptors (Lipinski definition) is 7. The van der Waals surface area contributed by atoms with E-state index in [0.29, 0.717) is 18.9 Å². The first-order valence-electron chi connectivity index (χ1n) is 11.5. The molecule has 14 heteroatoms. The molecule has 2 aromatic rings. The van der Waals surface area contributed by atoms with Crippen molar-refractivity contribution in [2.24, 2.45) is 11.1 Å². The first kappa shape index (κ1) is 28.0. The minimum absolute atomic E-state index is 0.0157. The molecule has 3 N–H and O–H groups in total. The maximum Gasteiger partial charge on any atom is 0.417 e. The Morgan fingerprint density at radius 2 is 1.68 bits per heavy atom. The van der Waals surface area contributed by atoms with Gasteiger partial charge in [-0.3, -0.25) is 4.79 Å². The second-order valence-electron chi connectivity index (χ2n) is 9.48. The minimum Gasteiger partial charge on any atom is -0.381 e. The summed E-state index contributed by atoms with van der Waals surface area (Å²) in [5.74, 6) is -1.51. The Hall–Kier alpha value is -2.99. The van der Waals surface area contributed by atoms with E-state index in [0.717, 1.165) is 18.2 Å². The van der Waals surface area contributed by atoms with Crippen LogP contribution in [0.1, 0.15) is 31.2 Å². The summed E-state index contributed by atoms with van der Waals surface area (Å²) in [6.45, 7) is 0. The second-order valence-corrected chi connectivity index (χ2v) is 13.2. The molecule has 3 atom stereocenters. The lowest BCUT2D eigenvalue weighted by atomic mass is 10.0. The average molecular weight is 572 g/mol. The lowest BCUT2D eigenvalue weighted by Crippen LogP contribution is -2.42. The van der Waals surface area contributed by atoms with Crippen molar-refractivity contribution in [3.63, 3.8) is 0 Å². The maximum absolute atomic E-state index is 14.1. The van der Waals surface area contributed by atoms with E-state index < -0.39 is 65.2 Å². The Morgan fingerprint density at radius 3 is 2.18 bits per heavy atom. The van der Waals surface area contributed by atoms with Gasteiger partial charge in [-0.15, -0.1) is 0 Å². The Bertz CT molecular complexity index is 1510. The SMILES string of the molecule is COC1C[C@H](S(=O)(=O)c2ccc(-c3ccc(S(N)(=O)=O)cc3)cc2C(F)(F)F)C[C@H]1C(=O)NC1(C#N)CC1. The van der Waals surface area contributed by atoms with Gasteiger partial charge in [0.1, 0.15) is 5.54 Å². The molecule has 0 aromatic heterocycles. The Morgan fingerprint density at radius 1 is 1.08 bits per heavy atom. The highest BCUT2D eigenvalue weighted by atomic mass is 32.2. The Kier molecular flexibility index (Phi) is 7.11. The number of carbonyl (C=O) groups is 1. The summed E-state index contributed by atoms with van der Waals surface area (Å²) in [6, 6.07) is 9.56. The largest absolute Gasteiger partial charge is 0.417 e. The van der Waals surface area contributed by atoms with Crippen molar-refractivity contribution < 1.29 is 39.5 Å². The van der Waals surface area contributed by atoms with E-state index in [9.17, 15) is 40.1 Å². The monoisotopic (exact) mass is 571 g/mol. The van der Waals surface area contributed by atoms with Gasteiger partial charge in [-0.05, 0) is 61.1 Å². The third kappa shape index (κ3) is 5.42. The standard InChI is InChI=1S/C24H24F3N3O6S2/c1-36-20-12-17(11-18(20)22(31)30-23(13-28)8-9-23)37(32,33)21-7-4-15(10-19(21)24(25,26)27)14-2-5-16(6-3-14)38(29,34)35/h2-7,10,17-18,20H,8-9,11-12H2,1H3,(H,30,31)(H2,29,34,35)/t17-,18-,20?/m1/s1. The van der Waals surface area contributed by atoms with Gasteiger partial charge in [0.05, 0.1) is 38.7 Å². The molecule has 1 amide bonds. The molecule has 1 unspecified atom stereocenters. The lowest BCUT2D eigenvalue weighted by Gasteiger charge is -2.19. The van der Waals surface area contributed by atoms with Gasteiger partial charge in [-0.25, -0.2) is 22.0 Å². The maximum atomic E-state index is 14.1. The van der Waals surface area contributed by atoms with Crippen molar-refractivity contribution in [2.45, 2.75) is 58.5 Å². The van der Waals surface area contributed by atoms with Crippen LogP contribution in [0.5, 0.6) is 0 Å².